The molecule has 0 unspecified atom stereocenters. The minimum Gasteiger partial charge on any atom is -0.844 e. The minimum absolute atomic E-state index is 0.0121. The molecule has 20 heavy (non-hydrogen) atoms. The molecule has 0 amide bonds. The molecule has 104 valence electrons. The van der Waals surface area contributed by atoms with Crippen molar-refractivity contribution in [1.29, 1.82) is 0 Å². The Hall–Kier alpha value is -2.08. The second-order valence-corrected chi connectivity index (χ2v) is 4.57. The highest BCUT2D eigenvalue weighted by Crippen LogP contribution is 2.19. The van der Waals surface area contributed by atoms with Crippen molar-refractivity contribution >= 4 is 23.3 Å². The molecule has 0 aliphatic carbocycles. The van der Waals surface area contributed by atoms with Gasteiger partial charge in [-0.15, -0.1) is 5.91 Å². The van der Waals surface area contributed by atoms with Crippen molar-refractivity contribution in [2.45, 2.75) is 5.91 Å². The molecule has 0 spiro atoms. The molecule has 2 aromatic rings. The highest BCUT2D eigenvalue weighted by molar-refractivity contribution is 6.30. The molecule has 0 saturated heterocycles. The fourth-order valence-electron chi connectivity index (χ4n) is 1.66. The van der Waals surface area contributed by atoms with Gasteiger partial charge in [0, 0.05) is 10.7 Å². The third-order valence-corrected chi connectivity index (χ3v) is 2.89. The molecule has 0 saturated carbocycles. The average Bonchev–Trinajstić information content (AvgIpc) is 2.39. The topological polar surface area (TPSA) is 95.5 Å². The quantitative estimate of drug-likeness (QED) is 0.819. The maximum atomic E-state index is 12.0. The normalized spacial score (nSPS) is 11.2. The van der Waals surface area contributed by atoms with Crippen LogP contribution >= 0.6 is 11.6 Å². The van der Waals surface area contributed by atoms with E-state index < -0.39 is 11.9 Å². The van der Waals surface area contributed by atoms with Gasteiger partial charge in [-0.05, 0) is 30.3 Å². The third-order valence-electron chi connectivity index (χ3n) is 2.64. The SMILES string of the molecule is O=C(O)c1cccc(NC([O-])([O-])c2ccc(Cl)cc2)c1. The van der Waals surface area contributed by atoms with E-state index in [1.165, 1.54) is 48.5 Å². The molecule has 2 rings (SSSR count). The number of anilines is 1. The number of carboxylic acids is 1. The fourth-order valence-corrected chi connectivity index (χ4v) is 1.79. The first-order valence-corrected chi connectivity index (χ1v) is 6.05. The first-order valence-electron chi connectivity index (χ1n) is 5.67. The molecular formula is C14H10ClNO4-2. The van der Waals surface area contributed by atoms with Crippen LogP contribution in [0.4, 0.5) is 5.69 Å². The van der Waals surface area contributed by atoms with E-state index in [-0.39, 0.29) is 16.8 Å². The van der Waals surface area contributed by atoms with Crippen molar-refractivity contribution in [1.82, 2.24) is 0 Å². The van der Waals surface area contributed by atoms with Gasteiger partial charge in [0.2, 0.25) is 0 Å². The molecule has 0 atom stereocenters. The maximum Gasteiger partial charge on any atom is 0.335 e. The van der Waals surface area contributed by atoms with Crippen molar-refractivity contribution in [2.24, 2.45) is 0 Å². The van der Waals surface area contributed by atoms with Crippen LogP contribution in [-0.2, 0) is 5.91 Å². The lowest BCUT2D eigenvalue weighted by atomic mass is 10.1. The predicted octanol–water partition coefficient (Wildman–Crippen LogP) is 0.981. The van der Waals surface area contributed by atoms with Gasteiger partial charge in [0.05, 0.1) is 5.56 Å². The molecule has 0 fully saturated rings. The average molecular weight is 292 g/mol. The second kappa shape index (κ2) is 5.50. The molecule has 0 aromatic heterocycles. The second-order valence-electron chi connectivity index (χ2n) is 4.13. The van der Waals surface area contributed by atoms with Gasteiger partial charge >= 0.3 is 5.97 Å². The highest BCUT2D eigenvalue weighted by Gasteiger charge is 2.08. The van der Waals surface area contributed by atoms with E-state index in [4.69, 9.17) is 16.7 Å². The number of hydrogen-bond acceptors (Lipinski definition) is 4. The fraction of sp³-hybridized carbons (Fsp3) is 0.0714. The van der Waals surface area contributed by atoms with Gasteiger partial charge in [-0.3, -0.25) is 0 Å². The summed E-state index contributed by atoms with van der Waals surface area (Å²) in [5.74, 6) is -3.97. The van der Waals surface area contributed by atoms with Crippen molar-refractivity contribution in [3.05, 3.63) is 64.7 Å². The standard InChI is InChI=1S/C14H10ClNO4/c15-11-6-4-10(5-7-11)14(19,20)16-12-3-1-2-9(8-12)13(17)18/h1-8,16H,(H,17,18)/q-2. The van der Waals surface area contributed by atoms with E-state index in [1.807, 2.05) is 0 Å². The van der Waals surface area contributed by atoms with Crippen LogP contribution in [0.3, 0.4) is 0 Å². The Morgan fingerprint density at radius 2 is 1.80 bits per heavy atom. The lowest BCUT2D eigenvalue weighted by Gasteiger charge is -2.50. The number of nitrogens with one attached hydrogen (secondary N) is 1. The van der Waals surface area contributed by atoms with E-state index in [0.717, 1.165) is 0 Å². The van der Waals surface area contributed by atoms with E-state index in [0.29, 0.717) is 5.02 Å². The number of hydrogen-bond donors (Lipinski definition) is 2. The van der Waals surface area contributed by atoms with Crippen molar-refractivity contribution in [2.75, 3.05) is 5.32 Å². The van der Waals surface area contributed by atoms with Gasteiger partial charge in [-0.1, -0.05) is 35.4 Å². The molecule has 0 aliphatic rings. The summed E-state index contributed by atoms with van der Waals surface area (Å²) >= 11 is 5.69. The van der Waals surface area contributed by atoms with Crippen molar-refractivity contribution in [3.63, 3.8) is 0 Å². The largest absolute Gasteiger partial charge is 0.844 e. The Labute approximate surface area is 120 Å². The number of halogens is 1. The lowest BCUT2D eigenvalue weighted by molar-refractivity contribution is -0.724. The van der Waals surface area contributed by atoms with Gasteiger partial charge < -0.3 is 20.6 Å². The molecule has 0 radical (unpaired) electrons. The van der Waals surface area contributed by atoms with Crippen LogP contribution in [0.5, 0.6) is 0 Å². The highest BCUT2D eigenvalue weighted by atomic mass is 35.5. The van der Waals surface area contributed by atoms with Gasteiger partial charge in [0.15, 0.2) is 0 Å². The number of benzene rings is 2. The van der Waals surface area contributed by atoms with Crippen molar-refractivity contribution < 1.29 is 20.1 Å². The molecule has 2 N–H and O–H groups in total. The van der Waals surface area contributed by atoms with Gasteiger partial charge in [0.1, 0.15) is 0 Å². The Balaban J connectivity index is 2.25. The van der Waals surface area contributed by atoms with Gasteiger partial charge in [-0.25, -0.2) is 4.79 Å². The summed E-state index contributed by atoms with van der Waals surface area (Å²) in [5.41, 5.74) is 0.0920. The van der Waals surface area contributed by atoms with E-state index in [2.05, 4.69) is 5.32 Å². The minimum atomic E-state index is -2.83. The Bertz CT molecular complexity index is 625. The Morgan fingerprint density at radius 3 is 2.40 bits per heavy atom. The molecule has 5 nitrogen and oxygen atoms in total. The first kappa shape index (κ1) is 14.3. The van der Waals surface area contributed by atoms with E-state index in [1.54, 1.807) is 0 Å². The predicted molar refractivity (Wildman–Crippen MR) is 70.2 cm³/mol. The summed E-state index contributed by atoms with van der Waals surface area (Å²) < 4.78 is 0. The van der Waals surface area contributed by atoms with E-state index >= 15 is 0 Å². The van der Waals surface area contributed by atoms with Crippen LogP contribution in [0.1, 0.15) is 15.9 Å². The summed E-state index contributed by atoms with van der Waals surface area (Å²) in [7, 11) is 0. The molecule has 2 aromatic carbocycles. The smallest absolute Gasteiger partial charge is 0.335 e. The van der Waals surface area contributed by atoms with Gasteiger partial charge in [-0.2, -0.15) is 0 Å². The maximum absolute atomic E-state index is 12.0. The van der Waals surface area contributed by atoms with E-state index in [9.17, 15) is 15.0 Å². The number of carboxylic acid groups (broad SMARTS) is 1. The number of rotatable bonds is 4. The van der Waals surface area contributed by atoms with Crippen LogP contribution in [0.25, 0.3) is 0 Å². The number of carbonyl (C=O) groups is 1. The Morgan fingerprint density at radius 1 is 1.15 bits per heavy atom. The molecule has 0 bridgehead atoms. The van der Waals surface area contributed by atoms with Crippen LogP contribution in [0.2, 0.25) is 5.02 Å². The van der Waals surface area contributed by atoms with Crippen molar-refractivity contribution in [3.8, 4) is 0 Å². The summed E-state index contributed by atoms with van der Waals surface area (Å²) in [6.07, 6.45) is 0. The van der Waals surface area contributed by atoms with Crippen LogP contribution in [-0.4, -0.2) is 11.1 Å². The summed E-state index contributed by atoms with van der Waals surface area (Å²) in [6, 6.07) is 11.0. The first-order chi connectivity index (χ1) is 9.38. The van der Waals surface area contributed by atoms with Crippen LogP contribution < -0.4 is 15.5 Å². The molecule has 6 heteroatoms. The lowest BCUT2D eigenvalue weighted by Crippen LogP contribution is -2.59. The van der Waals surface area contributed by atoms with Crippen LogP contribution in [0, 0.1) is 0 Å². The van der Waals surface area contributed by atoms with Gasteiger partial charge in [0.25, 0.3) is 0 Å². The monoisotopic (exact) mass is 291 g/mol. The summed E-state index contributed by atoms with van der Waals surface area (Å²) in [6.45, 7) is 0. The summed E-state index contributed by atoms with van der Waals surface area (Å²) in [5, 5.41) is 35.5. The zero-order valence-corrected chi connectivity index (χ0v) is 10.9. The zero-order chi connectivity index (χ0) is 14.8. The summed E-state index contributed by atoms with van der Waals surface area (Å²) in [4.78, 5) is 10.8. The third kappa shape index (κ3) is 3.27. The molecular weight excluding hydrogens is 282 g/mol. The Kier molecular flexibility index (Phi) is 3.94. The van der Waals surface area contributed by atoms with Crippen LogP contribution in [0.15, 0.2) is 48.5 Å². The molecule has 0 heterocycles. The molecule has 0 aliphatic heterocycles. The zero-order valence-electron chi connectivity index (χ0n) is 10.2. The number of aromatic carboxylic acids is 1.